The third-order valence-corrected chi connectivity index (χ3v) is 6.82. The number of amides is 1. The van der Waals surface area contributed by atoms with Crippen LogP contribution in [0.4, 0.5) is 5.69 Å². The standard InChI is InChI=1S/C26H22N2O7/c1-14(2)15-10-11-18-21(12-15)35-26(32)23-17(7-5-8-19(23)28(33)34)24(31)25(18,26)27-22(30)13-16-6-3-4-9-20(16)29/h3-12,14,16,32H,13H2,1-2H3,(H,27,30). The largest absolute Gasteiger partial charge is 0.454 e. The van der Waals surface area contributed by atoms with E-state index in [1.165, 1.54) is 24.3 Å². The molecule has 35 heavy (non-hydrogen) atoms. The number of nitrogens with one attached hydrogen (secondary N) is 1. The van der Waals surface area contributed by atoms with Crippen molar-refractivity contribution in [2.24, 2.45) is 5.92 Å². The molecule has 2 aromatic rings. The van der Waals surface area contributed by atoms with Crippen LogP contribution in [-0.2, 0) is 20.9 Å². The van der Waals surface area contributed by atoms with Crippen LogP contribution in [0.2, 0.25) is 0 Å². The maximum atomic E-state index is 13.9. The first kappa shape index (κ1) is 22.7. The normalized spacial score (nSPS) is 25.8. The number of allylic oxidation sites excluding steroid dienone is 4. The molecule has 9 heteroatoms. The first-order chi connectivity index (χ1) is 16.6. The van der Waals surface area contributed by atoms with Gasteiger partial charge in [-0.25, -0.2) is 0 Å². The number of carbonyl (C=O) groups excluding carboxylic acids is 3. The van der Waals surface area contributed by atoms with Crippen LogP contribution in [0.15, 0.2) is 60.7 Å². The molecule has 1 amide bonds. The summed E-state index contributed by atoms with van der Waals surface area (Å²) in [6, 6.07) is 8.88. The van der Waals surface area contributed by atoms with Gasteiger partial charge in [-0.1, -0.05) is 56.3 Å². The Morgan fingerprint density at radius 1 is 1.23 bits per heavy atom. The van der Waals surface area contributed by atoms with Crippen LogP contribution >= 0.6 is 0 Å². The summed E-state index contributed by atoms with van der Waals surface area (Å²) in [6.45, 7) is 3.91. The highest BCUT2D eigenvalue weighted by atomic mass is 16.6. The third-order valence-electron chi connectivity index (χ3n) is 6.82. The van der Waals surface area contributed by atoms with Gasteiger partial charge in [0.1, 0.15) is 11.3 Å². The van der Waals surface area contributed by atoms with Crippen molar-refractivity contribution >= 4 is 23.2 Å². The average Bonchev–Trinajstić information content (AvgIpc) is 3.17. The molecule has 2 N–H and O–H groups in total. The SMILES string of the molecule is CC(C)c1ccc2c(c1)OC1(O)c3c(cccc3[N+](=O)[O-])C(=O)C21NC(=O)CC1C=CC=CC1=O. The highest BCUT2D eigenvalue weighted by Gasteiger charge is 2.73. The molecule has 0 saturated carbocycles. The van der Waals surface area contributed by atoms with Gasteiger partial charge in [-0.2, -0.15) is 0 Å². The van der Waals surface area contributed by atoms with Crippen molar-refractivity contribution in [2.45, 2.75) is 37.5 Å². The lowest BCUT2D eigenvalue weighted by atomic mass is 9.81. The van der Waals surface area contributed by atoms with E-state index in [2.05, 4.69) is 5.32 Å². The number of ether oxygens (including phenoxy) is 1. The van der Waals surface area contributed by atoms with E-state index in [9.17, 15) is 29.6 Å². The fourth-order valence-corrected chi connectivity index (χ4v) is 5.07. The van der Waals surface area contributed by atoms with Crippen LogP contribution in [-0.4, -0.2) is 27.5 Å². The number of Topliss-reactive ketones (excluding diaryl/α,β-unsaturated/α-hetero) is 1. The minimum atomic E-state index is -2.55. The highest BCUT2D eigenvalue weighted by molar-refractivity contribution is 6.13. The zero-order valence-corrected chi connectivity index (χ0v) is 19.0. The zero-order chi connectivity index (χ0) is 25.1. The minimum Gasteiger partial charge on any atom is -0.454 e. The summed E-state index contributed by atoms with van der Waals surface area (Å²) in [5, 5.41) is 26.4. The highest BCUT2D eigenvalue weighted by Crippen LogP contribution is 2.60. The number of ketones is 2. The van der Waals surface area contributed by atoms with Crippen molar-refractivity contribution in [3.05, 3.63) is 93.1 Å². The van der Waals surface area contributed by atoms with E-state index in [4.69, 9.17) is 4.74 Å². The maximum absolute atomic E-state index is 13.9. The molecular weight excluding hydrogens is 452 g/mol. The summed E-state index contributed by atoms with van der Waals surface area (Å²) in [4.78, 5) is 50.4. The van der Waals surface area contributed by atoms with Gasteiger partial charge in [0, 0.05) is 29.5 Å². The van der Waals surface area contributed by atoms with Crippen molar-refractivity contribution in [2.75, 3.05) is 0 Å². The fourth-order valence-electron chi connectivity index (χ4n) is 5.07. The van der Waals surface area contributed by atoms with Gasteiger partial charge in [0.25, 0.3) is 11.5 Å². The molecule has 0 saturated heterocycles. The maximum Gasteiger partial charge on any atom is 0.280 e. The quantitative estimate of drug-likeness (QED) is 0.502. The first-order valence-electron chi connectivity index (χ1n) is 11.2. The zero-order valence-electron chi connectivity index (χ0n) is 19.0. The molecule has 3 unspecified atom stereocenters. The van der Waals surface area contributed by atoms with Crippen LogP contribution in [0.25, 0.3) is 0 Å². The molecule has 0 bridgehead atoms. The molecule has 0 radical (unpaired) electrons. The number of benzene rings is 2. The topological polar surface area (TPSA) is 136 Å². The molecule has 3 atom stereocenters. The van der Waals surface area contributed by atoms with Gasteiger partial charge in [-0.15, -0.1) is 0 Å². The Morgan fingerprint density at radius 2 is 2.00 bits per heavy atom. The molecular formula is C26H22N2O7. The lowest BCUT2D eigenvalue weighted by Gasteiger charge is -2.34. The summed E-state index contributed by atoms with van der Waals surface area (Å²) in [6.07, 6.45) is 5.87. The van der Waals surface area contributed by atoms with Crippen LogP contribution in [0.1, 0.15) is 53.2 Å². The molecule has 1 heterocycles. The van der Waals surface area contributed by atoms with Crippen LogP contribution in [0.5, 0.6) is 5.75 Å². The van der Waals surface area contributed by atoms with Crippen LogP contribution < -0.4 is 10.1 Å². The van der Waals surface area contributed by atoms with E-state index in [1.807, 2.05) is 13.8 Å². The summed E-state index contributed by atoms with van der Waals surface area (Å²) in [5.41, 5.74) is -2.03. The van der Waals surface area contributed by atoms with E-state index in [0.717, 1.165) is 5.56 Å². The molecule has 0 aromatic heterocycles. The molecule has 178 valence electrons. The number of nitro groups is 1. The van der Waals surface area contributed by atoms with Gasteiger partial charge < -0.3 is 15.2 Å². The van der Waals surface area contributed by atoms with Gasteiger partial charge in [0.05, 0.1) is 4.92 Å². The van der Waals surface area contributed by atoms with Gasteiger partial charge in [0.2, 0.25) is 17.2 Å². The summed E-state index contributed by atoms with van der Waals surface area (Å²) < 4.78 is 5.94. The molecule has 0 spiro atoms. The molecule has 0 fully saturated rings. The van der Waals surface area contributed by atoms with E-state index >= 15 is 0 Å². The Balaban J connectivity index is 1.67. The van der Waals surface area contributed by atoms with Gasteiger partial charge >= 0.3 is 0 Å². The third kappa shape index (κ3) is 3.08. The number of fused-ring (bicyclic) bond motifs is 5. The lowest BCUT2D eigenvalue weighted by molar-refractivity contribution is -0.388. The summed E-state index contributed by atoms with van der Waals surface area (Å²) >= 11 is 0. The predicted molar refractivity (Wildman–Crippen MR) is 124 cm³/mol. The van der Waals surface area contributed by atoms with E-state index in [1.54, 1.807) is 36.4 Å². The second-order valence-corrected chi connectivity index (χ2v) is 9.20. The molecule has 5 rings (SSSR count). The predicted octanol–water partition coefficient (Wildman–Crippen LogP) is 3.17. The van der Waals surface area contributed by atoms with Crippen molar-refractivity contribution in [3.63, 3.8) is 0 Å². The molecule has 2 aromatic carbocycles. The number of carbonyl (C=O) groups is 3. The average molecular weight is 474 g/mol. The number of nitrogens with zero attached hydrogens (tertiary/aromatic N) is 1. The Labute approximate surface area is 200 Å². The Kier molecular flexibility index (Phi) is 4.99. The summed E-state index contributed by atoms with van der Waals surface area (Å²) in [7, 11) is 0. The number of hydrogen-bond acceptors (Lipinski definition) is 7. The first-order valence-corrected chi connectivity index (χ1v) is 11.2. The molecule has 2 aliphatic carbocycles. The molecule has 9 nitrogen and oxygen atoms in total. The van der Waals surface area contributed by atoms with Crippen LogP contribution in [0, 0.1) is 16.0 Å². The minimum absolute atomic E-state index is 0.0963. The second kappa shape index (κ2) is 7.71. The molecule has 3 aliphatic rings. The van der Waals surface area contributed by atoms with Gasteiger partial charge in [0.15, 0.2) is 5.78 Å². The smallest absolute Gasteiger partial charge is 0.280 e. The van der Waals surface area contributed by atoms with Crippen molar-refractivity contribution in [3.8, 4) is 5.75 Å². The number of hydrogen-bond donors (Lipinski definition) is 2. The van der Waals surface area contributed by atoms with Crippen molar-refractivity contribution in [1.82, 2.24) is 5.32 Å². The van der Waals surface area contributed by atoms with Crippen molar-refractivity contribution in [1.29, 1.82) is 0 Å². The van der Waals surface area contributed by atoms with Gasteiger partial charge in [-0.3, -0.25) is 24.5 Å². The Bertz CT molecular complexity index is 1380. The lowest BCUT2D eigenvalue weighted by Crippen LogP contribution is -2.60. The van der Waals surface area contributed by atoms with E-state index < -0.39 is 39.5 Å². The molecule has 1 aliphatic heterocycles. The second-order valence-electron chi connectivity index (χ2n) is 9.20. The number of rotatable bonds is 5. The van der Waals surface area contributed by atoms with E-state index in [0.29, 0.717) is 0 Å². The monoisotopic (exact) mass is 474 g/mol. The Hall–Kier alpha value is -4.11. The van der Waals surface area contributed by atoms with Crippen molar-refractivity contribution < 1.29 is 29.2 Å². The number of nitro benzene ring substituents is 1. The fraction of sp³-hybridized carbons (Fsp3) is 0.269. The number of aliphatic hydroxyl groups is 1. The van der Waals surface area contributed by atoms with E-state index in [-0.39, 0.29) is 40.6 Å². The Morgan fingerprint density at radius 3 is 2.69 bits per heavy atom. The van der Waals surface area contributed by atoms with Crippen LogP contribution in [0.3, 0.4) is 0 Å². The summed E-state index contributed by atoms with van der Waals surface area (Å²) in [5.74, 6) is -4.72. The van der Waals surface area contributed by atoms with Gasteiger partial charge in [-0.05, 0) is 23.6 Å².